The Morgan fingerprint density at radius 3 is 2.33 bits per heavy atom. The minimum Gasteiger partial charge on any atom is -0.479 e. The zero-order valence-electron chi connectivity index (χ0n) is 19.2. The molecular formula is C25H25N3O7S. The van der Waals surface area contributed by atoms with Gasteiger partial charge in [-0.2, -0.15) is 0 Å². The van der Waals surface area contributed by atoms with E-state index in [-0.39, 0.29) is 22.5 Å². The van der Waals surface area contributed by atoms with Crippen LogP contribution in [0.25, 0.3) is 0 Å². The van der Waals surface area contributed by atoms with Crippen LogP contribution >= 0.6 is 11.3 Å². The Morgan fingerprint density at radius 2 is 1.69 bits per heavy atom. The van der Waals surface area contributed by atoms with Crippen molar-refractivity contribution in [1.82, 2.24) is 5.32 Å². The average molecular weight is 512 g/mol. The van der Waals surface area contributed by atoms with Gasteiger partial charge in [0.2, 0.25) is 0 Å². The average Bonchev–Trinajstić information content (AvgIpc) is 3.32. The molecule has 0 bridgehead atoms. The summed E-state index contributed by atoms with van der Waals surface area (Å²) in [5.41, 5.74) is 1.88. The maximum atomic E-state index is 13.0. The number of aliphatic hydroxyl groups excluding tert-OH is 1. The first-order chi connectivity index (χ1) is 17.2. The third-order valence-electron chi connectivity index (χ3n) is 5.37. The molecule has 0 radical (unpaired) electrons. The van der Waals surface area contributed by atoms with Gasteiger partial charge in [0.05, 0.1) is 11.6 Å². The first kappa shape index (κ1) is 26.4. The largest absolute Gasteiger partial charge is 0.479 e. The van der Waals surface area contributed by atoms with Crippen molar-refractivity contribution in [3.8, 4) is 0 Å². The Hall–Kier alpha value is -4.22. The fourth-order valence-corrected chi connectivity index (χ4v) is 4.28. The molecule has 0 fully saturated rings. The first-order valence-electron chi connectivity index (χ1n) is 11.0. The topological polar surface area (TPSA) is 165 Å². The van der Waals surface area contributed by atoms with Crippen molar-refractivity contribution in [3.63, 3.8) is 0 Å². The number of nitrogens with one attached hydrogen (secondary N) is 3. The minimum atomic E-state index is -1.83. The van der Waals surface area contributed by atoms with Gasteiger partial charge in [-0.1, -0.05) is 43.3 Å². The van der Waals surface area contributed by atoms with E-state index < -0.39 is 36.0 Å². The lowest BCUT2D eigenvalue weighted by molar-refractivity contribution is -0.148. The van der Waals surface area contributed by atoms with Crippen molar-refractivity contribution in [2.45, 2.75) is 31.9 Å². The Morgan fingerprint density at radius 1 is 0.972 bits per heavy atom. The highest BCUT2D eigenvalue weighted by molar-refractivity contribution is 7.14. The third-order valence-corrected chi connectivity index (χ3v) is 6.20. The summed E-state index contributed by atoms with van der Waals surface area (Å²) in [6.45, 7) is 1.86. The van der Waals surface area contributed by atoms with Gasteiger partial charge in [-0.25, -0.2) is 14.4 Å². The van der Waals surface area contributed by atoms with Crippen LogP contribution in [0.1, 0.15) is 38.8 Å². The van der Waals surface area contributed by atoms with Crippen LogP contribution in [0.2, 0.25) is 0 Å². The van der Waals surface area contributed by atoms with Crippen molar-refractivity contribution in [2.75, 3.05) is 10.6 Å². The van der Waals surface area contributed by atoms with Gasteiger partial charge in [-0.3, -0.25) is 10.1 Å². The summed E-state index contributed by atoms with van der Waals surface area (Å²) in [5, 5.41) is 38.1. The van der Waals surface area contributed by atoms with Crippen LogP contribution in [0.5, 0.6) is 0 Å². The molecule has 3 rings (SSSR count). The minimum absolute atomic E-state index is 0.0413. The number of aromatic carboxylic acids is 1. The highest BCUT2D eigenvalue weighted by atomic mass is 32.1. The standard InChI is InChI=1S/C25H25N3O7S/c1-2-15-8-9-16(13-18(15)27-25(35)28-22-17(23(31)32)10-11-36-22)21(30)26-19(20(29)24(33)34)12-14-6-4-3-5-7-14/h3-11,13,19-20,29H,2,12H2,1H3,(H,26,30)(H,31,32)(H,33,34)(H2,27,28,35)/t19-,20-/m1/s1. The number of urea groups is 1. The molecule has 2 aromatic carbocycles. The van der Waals surface area contributed by atoms with E-state index in [0.717, 1.165) is 22.5 Å². The second-order valence-corrected chi connectivity index (χ2v) is 8.74. The number of anilines is 2. The molecule has 11 heteroatoms. The lowest BCUT2D eigenvalue weighted by Gasteiger charge is -2.22. The molecule has 0 aliphatic rings. The summed E-state index contributed by atoms with van der Waals surface area (Å²) in [6, 6.07) is 13.1. The van der Waals surface area contributed by atoms with Crippen LogP contribution in [0.4, 0.5) is 15.5 Å². The molecule has 36 heavy (non-hydrogen) atoms. The summed E-state index contributed by atoms with van der Waals surface area (Å²) >= 11 is 1.06. The zero-order chi connectivity index (χ0) is 26.2. The van der Waals surface area contributed by atoms with E-state index in [1.54, 1.807) is 41.8 Å². The molecule has 3 aromatic rings. The normalized spacial score (nSPS) is 12.3. The molecule has 0 unspecified atom stereocenters. The predicted molar refractivity (Wildman–Crippen MR) is 135 cm³/mol. The van der Waals surface area contributed by atoms with Crippen molar-refractivity contribution < 1.29 is 34.5 Å². The molecular weight excluding hydrogens is 486 g/mol. The number of benzene rings is 2. The number of carboxylic acids is 2. The molecule has 1 aromatic heterocycles. The number of carbonyl (C=O) groups excluding carboxylic acids is 2. The molecule has 3 amide bonds. The van der Waals surface area contributed by atoms with Gasteiger partial charge in [-0.05, 0) is 47.5 Å². The zero-order valence-corrected chi connectivity index (χ0v) is 20.0. The van der Waals surface area contributed by atoms with E-state index in [9.17, 15) is 34.5 Å². The van der Waals surface area contributed by atoms with Crippen molar-refractivity contribution >= 4 is 45.9 Å². The number of hydrogen-bond acceptors (Lipinski definition) is 6. The molecule has 0 aliphatic carbocycles. The second kappa shape index (κ2) is 12.0. The van der Waals surface area contributed by atoms with E-state index in [1.807, 2.05) is 6.92 Å². The number of rotatable bonds is 10. The van der Waals surface area contributed by atoms with Gasteiger partial charge in [0.15, 0.2) is 6.10 Å². The summed E-state index contributed by atoms with van der Waals surface area (Å²) in [7, 11) is 0. The monoisotopic (exact) mass is 511 g/mol. The van der Waals surface area contributed by atoms with Crippen LogP contribution < -0.4 is 16.0 Å². The third kappa shape index (κ3) is 6.68. The van der Waals surface area contributed by atoms with Crippen LogP contribution in [0.3, 0.4) is 0 Å². The maximum absolute atomic E-state index is 13.0. The first-order valence-corrected chi connectivity index (χ1v) is 11.8. The number of carboxylic acid groups (broad SMARTS) is 2. The SMILES string of the molecule is CCc1ccc(C(=O)N[C@H](Cc2ccccc2)[C@@H](O)C(=O)O)cc1NC(=O)Nc1sccc1C(=O)O. The quantitative estimate of drug-likeness (QED) is 0.243. The molecule has 0 saturated carbocycles. The fraction of sp³-hybridized carbons (Fsp3) is 0.200. The van der Waals surface area contributed by atoms with Crippen molar-refractivity contribution in [1.29, 1.82) is 0 Å². The lowest BCUT2D eigenvalue weighted by atomic mass is 10.00. The van der Waals surface area contributed by atoms with Crippen LogP contribution in [0, 0.1) is 0 Å². The summed E-state index contributed by atoms with van der Waals surface area (Å²) in [4.78, 5) is 48.2. The number of hydrogen-bond donors (Lipinski definition) is 6. The fourth-order valence-electron chi connectivity index (χ4n) is 3.51. The van der Waals surface area contributed by atoms with E-state index >= 15 is 0 Å². The Kier molecular flexibility index (Phi) is 8.76. The summed E-state index contributed by atoms with van der Waals surface area (Å²) < 4.78 is 0. The Labute approximate surface area is 210 Å². The predicted octanol–water partition coefficient (Wildman–Crippen LogP) is 3.44. The smallest absolute Gasteiger partial charge is 0.338 e. The molecule has 10 nitrogen and oxygen atoms in total. The number of thiophene rings is 1. The van der Waals surface area contributed by atoms with Gasteiger partial charge in [-0.15, -0.1) is 11.3 Å². The molecule has 6 N–H and O–H groups in total. The van der Waals surface area contributed by atoms with Crippen molar-refractivity contribution in [2.24, 2.45) is 0 Å². The molecule has 188 valence electrons. The summed E-state index contributed by atoms with van der Waals surface area (Å²) in [5.74, 6) is -3.27. The van der Waals surface area contributed by atoms with Crippen LogP contribution in [-0.2, 0) is 17.6 Å². The van der Waals surface area contributed by atoms with Gasteiger partial charge >= 0.3 is 18.0 Å². The second-order valence-electron chi connectivity index (χ2n) is 7.83. The molecule has 0 spiro atoms. The van der Waals surface area contributed by atoms with Crippen LogP contribution in [-0.4, -0.2) is 51.3 Å². The molecule has 0 saturated heterocycles. The summed E-state index contributed by atoms with van der Waals surface area (Å²) in [6.07, 6.45) is -1.21. The van der Waals surface area contributed by atoms with Gasteiger partial charge in [0.1, 0.15) is 5.00 Å². The van der Waals surface area contributed by atoms with E-state index in [1.165, 1.54) is 18.2 Å². The van der Waals surface area contributed by atoms with Gasteiger partial charge in [0.25, 0.3) is 5.91 Å². The van der Waals surface area contributed by atoms with E-state index in [0.29, 0.717) is 12.1 Å². The number of carbonyl (C=O) groups is 4. The molecule has 2 atom stereocenters. The van der Waals surface area contributed by atoms with Crippen LogP contribution in [0.15, 0.2) is 60.0 Å². The van der Waals surface area contributed by atoms with Gasteiger partial charge < -0.3 is 26.0 Å². The lowest BCUT2D eigenvalue weighted by Crippen LogP contribution is -2.48. The Balaban J connectivity index is 1.78. The highest BCUT2D eigenvalue weighted by Gasteiger charge is 2.28. The number of aliphatic carboxylic acids is 1. The van der Waals surface area contributed by atoms with E-state index in [4.69, 9.17) is 0 Å². The number of aryl methyl sites for hydroxylation is 1. The molecule has 1 heterocycles. The maximum Gasteiger partial charge on any atom is 0.338 e. The number of aliphatic hydroxyl groups is 1. The Bertz CT molecular complexity index is 1260. The van der Waals surface area contributed by atoms with Gasteiger partial charge in [0, 0.05) is 11.3 Å². The van der Waals surface area contributed by atoms with Crippen molar-refractivity contribution in [3.05, 3.63) is 82.2 Å². The highest BCUT2D eigenvalue weighted by Crippen LogP contribution is 2.24. The van der Waals surface area contributed by atoms with E-state index in [2.05, 4.69) is 16.0 Å². The number of amides is 3. The molecule has 0 aliphatic heterocycles.